The number of phenols is 2. The van der Waals surface area contributed by atoms with Crippen molar-refractivity contribution in [2.75, 3.05) is 0 Å². The molecule has 0 fully saturated rings. The second kappa shape index (κ2) is 16.9. The van der Waals surface area contributed by atoms with Crippen LogP contribution in [-0.2, 0) is 16.5 Å². The van der Waals surface area contributed by atoms with Crippen LogP contribution in [0.2, 0.25) is 0 Å². The van der Waals surface area contributed by atoms with Crippen molar-refractivity contribution >= 4 is 109 Å². The summed E-state index contributed by atoms with van der Waals surface area (Å²) in [6.07, 6.45) is 3.22. The third-order valence-electron chi connectivity index (χ3n) is 5.87. The first-order valence-corrected chi connectivity index (χ1v) is 17.7. The van der Waals surface area contributed by atoms with Crippen molar-refractivity contribution in [3.8, 4) is 34.0 Å². The average Bonchev–Trinajstić information content (AvgIpc) is 3.71. The van der Waals surface area contributed by atoms with Gasteiger partial charge in [-0.15, -0.1) is 22.7 Å². The van der Waals surface area contributed by atoms with Gasteiger partial charge in [0.2, 0.25) is 10.3 Å². The van der Waals surface area contributed by atoms with Crippen LogP contribution in [0.1, 0.15) is 11.1 Å². The van der Waals surface area contributed by atoms with E-state index < -0.39 is 0 Å². The van der Waals surface area contributed by atoms with Gasteiger partial charge >= 0.3 is 0 Å². The standard InChI is InChI=1S/2C16H10Br2N2OS.Ni/c2*17-12-6-11(15(21)13(18)7-12)8-19-16-20-14(9-22-16)10-4-2-1-3-5-10;/h2*1-9,21H;. The van der Waals surface area contributed by atoms with Gasteiger partial charge in [-0.05, 0) is 56.1 Å². The van der Waals surface area contributed by atoms with Crippen LogP contribution in [0.25, 0.3) is 22.5 Å². The van der Waals surface area contributed by atoms with E-state index in [1.54, 1.807) is 36.7 Å². The predicted molar refractivity (Wildman–Crippen MR) is 197 cm³/mol. The SMILES string of the molecule is Oc1c(Br)cc(Br)cc1C=Nc1nc(-c2ccccc2)cs1.Oc1c(Br)cc(Br)cc1C=Nc1nc(-c2ccccc2)cs1.[Ni]. The summed E-state index contributed by atoms with van der Waals surface area (Å²) in [5, 5.41) is 25.3. The minimum atomic E-state index is 0. The molecule has 0 aliphatic carbocycles. The number of aromatic hydroxyl groups is 2. The smallest absolute Gasteiger partial charge is 0.209 e. The Bertz CT molecular complexity index is 1810. The number of nitrogens with zero attached hydrogens (tertiary/aromatic N) is 4. The summed E-state index contributed by atoms with van der Waals surface area (Å²) in [6.45, 7) is 0. The van der Waals surface area contributed by atoms with Gasteiger partial charge in [0, 0.05) is 70.9 Å². The Labute approximate surface area is 311 Å². The number of hydrogen-bond donors (Lipinski definition) is 2. The van der Waals surface area contributed by atoms with Gasteiger partial charge in [0.25, 0.3) is 0 Å². The van der Waals surface area contributed by atoms with E-state index in [1.807, 2.05) is 71.4 Å². The number of benzene rings is 4. The van der Waals surface area contributed by atoms with Crippen LogP contribution in [0, 0.1) is 0 Å². The average molecular weight is 935 g/mol. The summed E-state index contributed by atoms with van der Waals surface area (Å²) in [6, 6.07) is 27.1. The summed E-state index contributed by atoms with van der Waals surface area (Å²) in [4.78, 5) is 17.7. The number of halogens is 4. The largest absolute Gasteiger partial charge is 0.506 e. The molecule has 6 rings (SSSR count). The van der Waals surface area contributed by atoms with Gasteiger partial charge in [0.05, 0.1) is 20.3 Å². The zero-order chi connectivity index (χ0) is 31.1. The number of aromatic nitrogens is 2. The summed E-state index contributed by atoms with van der Waals surface area (Å²) < 4.78 is 2.96. The minimum absolute atomic E-state index is 0. The van der Waals surface area contributed by atoms with E-state index in [2.05, 4.69) is 83.7 Å². The molecular weight excluding hydrogens is 915 g/mol. The first kappa shape index (κ1) is 35.3. The summed E-state index contributed by atoms with van der Waals surface area (Å²) in [5.41, 5.74) is 5.17. The van der Waals surface area contributed by atoms with E-state index in [-0.39, 0.29) is 28.0 Å². The maximum absolute atomic E-state index is 10.0. The molecule has 0 aliphatic heterocycles. The maximum atomic E-state index is 10.0. The fourth-order valence-corrected chi connectivity index (χ4v) is 7.61. The Balaban J connectivity index is 0.000000200. The van der Waals surface area contributed by atoms with Crippen LogP contribution >= 0.6 is 86.4 Å². The molecule has 230 valence electrons. The van der Waals surface area contributed by atoms with Crippen molar-refractivity contribution in [1.29, 1.82) is 0 Å². The number of rotatable bonds is 6. The van der Waals surface area contributed by atoms with Gasteiger partial charge in [-0.3, -0.25) is 0 Å². The van der Waals surface area contributed by atoms with Crippen LogP contribution in [0.4, 0.5) is 10.3 Å². The van der Waals surface area contributed by atoms with Gasteiger partial charge in [-0.25, -0.2) is 20.0 Å². The quantitative estimate of drug-likeness (QED) is 0.129. The predicted octanol–water partition coefficient (Wildman–Crippen LogP) is 11.6. The van der Waals surface area contributed by atoms with Gasteiger partial charge in [0.1, 0.15) is 11.5 Å². The molecule has 0 amide bonds. The van der Waals surface area contributed by atoms with E-state index in [9.17, 15) is 10.2 Å². The molecule has 0 atom stereocenters. The van der Waals surface area contributed by atoms with Crippen molar-refractivity contribution in [1.82, 2.24) is 9.97 Å². The molecule has 0 saturated carbocycles. The molecule has 0 unspecified atom stereocenters. The summed E-state index contributed by atoms with van der Waals surface area (Å²) in [7, 11) is 0. The Morgan fingerprint density at radius 1 is 0.578 bits per heavy atom. The van der Waals surface area contributed by atoms with E-state index >= 15 is 0 Å². The molecule has 0 aliphatic rings. The molecule has 0 radical (unpaired) electrons. The van der Waals surface area contributed by atoms with E-state index in [4.69, 9.17) is 0 Å². The molecule has 0 bridgehead atoms. The van der Waals surface area contributed by atoms with Crippen molar-refractivity contribution in [2.45, 2.75) is 0 Å². The molecule has 45 heavy (non-hydrogen) atoms. The fourth-order valence-electron chi connectivity index (χ4n) is 3.75. The molecule has 6 aromatic rings. The Morgan fingerprint density at radius 2 is 0.956 bits per heavy atom. The molecule has 2 heterocycles. The molecule has 0 saturated heterocycles. The molecule has 2 N–H and O–H groups in total. The van der Waals surface area contributed by atoms with E-state index in [0.717, 1.165) is 31.5 Å². The zero-order valence-electron chi connectivity index (χ0n) is 22.7. The normalized spacial score (nSPS) is 10.9. The van der Waals surface area contributed by atoms with Crippen LogP contribution in [0.3, 0.4) is 0 Å². The van der Waals surface area contributed by atoms with Gasteiger partial charge in [0.15, 0.2) is 0 Å². The number of aliphatic imine (C=N–C) groups is 2. The van der Waals surface area contributed by atoms with E-state index in [1.165, 1.54) is 22.7 Å². The Kier molecular flexibility index (Phi) is 13.3. The topological polar surface area (TPSA) is 91.0 Å². The van der Waals surface area contributed by atoms with Crippen molar-refractivity contribution in [3.05, 3.63) is 125 Å². The Hall–Kier alpha value is -2.51. The number of hydrogen-bond acceptors (Lipinski definition) is 8. The summed E-state index contributed by atoms with van der Waals surface area (Å²) >= 11 is 16.3. The minimum Gasteiger partial charge on any atom is -0.506 e. The third kappa shape index (κ3) is 9.75. The zero-order valence-corrected chi connectivity index (χ0v) is 31.7. The number of thiazole rings is 2. The molecule has 4 aromatic carbocycles. The van der Waals surface area contributed by atoms with Crippen LogP contribution < -0.4 is 0 Å². The summed E-state index contributed by atoms with van der Waals surface area (Å²) in [5.74, 6) is 0.318. The number of phenolic OH excluding ortho intramolecular Hbond substituents is 2. The van der Waals surface area contributed by atoms with Gasteiger partial charge in [-0.1, -0.05) is 92.5 Å². The van der Waals surface area contributed by atoms with Gasteiger partial charge in [-0.2, -0.15) is 0 Å². The monoisotopic (exact) mass is 930 g/mol. The van der Waals surface area contributed by atoms with Crippen LogP contribution in [-0.4, -0.2) is 32.6 Å². The molecular formula is C32H20Br4N4NiO2S2. The third-order valence-corrected chi connectivity index (χ3v) is 9.49. The first-order chi connectivity index (χ1) is 21.3. The first-order valence-electron chi connectivity index (χ1n) is 12.7. The van der Waals surface area contributed by atoms with Crippen molar-refractivity contribution in [2.24, 2.45) is 9.98 Å². The maximum Gasteiger partial charge on any atom is 0.209 e. The van der Waals surface area contributed by atoms with Crippen molar-refractivity contribution < 1.29 is 26.7 Å². The fraction of sp³-hybridized carbons (Fsp3) is 0. The Morgan fingerprint density at radius 3 is 1.33 bits per heavy atom. The molecule has 13 heteroatoms. The van der Waals surface area contributed by atoms with Crippen LogP contribution in [0.15, 0.2) is 124 Å². The van der Waals surface area contributed by atoms with Crippen LogP contribution in [0.5, 0.6) is 11.5 Å². The molecule has 6 nitrogen and oxygen atoms in total. The molecule has 2 aromatic heterocycles. The van der Waals surface area contributed by atoms with E-state index in [0.29, 0.717) is 30.3 Å². The second-order valence-corrected chi connectivity index (χ2v) is 14.1. The van der Waals surface area contributed by atoms with Crippen molar-refractivity contribution in [3.63, 3.8) is 0 Å². The molecule has 0 spiro atoms. The second-order valence-electron chi connectivity index (χ2n) is 8.93. The van der Waals surface area contributed by atoms with Gasteiger partial charge < -0.3 is 10.2 Å².